The number of ether oxygens (including phenoxy) is 2. The summed E-state index contributed by atoms with van der Waals surface area (Å²) in [5, 5.41) is 0. The van der Waals surface area contributed by atoms with Gasteiger partial charge in [-0.3, -0.25) is 0 Å². The van der Waals surface area contributed by atoms with Crippen molar-refractivity contribution in [3.63, 3.8) is 0 Å². The minimum atomic E-state index is -0.482. The number of benzene rings is 3. The van der Waals surface area contributed by atoms with Crippen LogP contribution in [-0.2, 0) is 15.9 Å². The van der Waals surface area contributed by atoms with Crippen LogP contribution in [0.1, 0.15) is 143 Å². The van der Waals surface area contributed by atoms with E-state index in [9.17, 15) is 9.59 Å². The van der Waals surface area contributed by atoms with Crippen molar-refractivity contribution in [3.05, 3.63) is 89.5 Å². The monoisotopic (exact) mass is 669 g/mol. The fourth-order valence-corrected chi connectivity index (χ4v) is 7.44. The van der Waals surface area contributed by atoms with Gasteiger partial charge in [0.15, 0.2) is 0 Å². The molecule has 0 aromatic heterocycles. The van der Waals surface area contributed by atoms with Crippen molar-refractivity contribution in [2.45, 2.75) is 127 Å². The average molecular weight is 670 g/mol. The number of hydrogen-bond acceptors (Lipinski definition) is 6. The summed E-state index contributed by atoms with van der Waals surface area (Å²) in [5.41, 5.74) is 4.70. The van der Waals surface area contributed by atoms with Crippen molar-refractivity contribution in [2.24, 2.45) is 0 Å². The summed E-state index contributed by atoms with van der Waals surface area (Å²) in [7, 11) is 0. The molecule has 0 atom stereocenters. The summed E-state index contributed by atoms with van der Waals surface area (Å²) >= 11 is 1.78. The van der Waals surface area contributed by atoms with Crippen LogP contribution in [0.2, 0.25) is 0 Å². The smallest absolute Gasteiger partial charge is 0.343 e. The van der Waals surface area contributed by atoms with E-state index in [0.717, 1.165) is 29.8 Å². The zero-order chi connectivity index (χ0) is 34.1. The standard InChI is InChI=1S/C42H55NO4S/c1-5-8-9-10-11-12-13-14-15-16-17-18-19-22-29-43-37-23-20-21-24-39(37)48-40-28-26-34(31-38(40)43)32(4)47-42(45)36-27-25-35(30-33(36)6-2)41(44)46-7-3/h20-21,23-28,30-31H,4-19,22,29H2,1-3H3. The third-order valence-electron chi connectivity index (χ3n) is 9.12. The zero-order valence-corrected chi connectivity index (χ0v) is 30.3. The number of anilines is 2. The summed E-state index contributed by atoms with van der Waals surface area (Å²) in [5.74, 6) is -0.577. The Morgan fingerprint density at radius 2 is 1.27 bits per heavy atom. The Balaban J connectivity index is 1.32. The van der Waals surface area contributed by atoms with E-state index in [0.29, 0.717) is 29.9 Å². The molecule has 5 nitrogen and oxygen atoms in total. The minimum Gasteiger partial charge on any atom is -0.462 e. The molecule has 0 amide bonds. The normalized spacial score (nSPS) is 11.9. The van der Waals surface area contributed by atoms with Gasteiger partial charge in [0.1, 0.15) is 5.76 Å². The predicted octanol–water partition coefficient (Wildman–Crippen LogP) is 12.3. The van der Waals surface area contributed by atoms with Gasteiger partial charge in [-0.25, -0.2) is 9.59 Å². The second-order valence-electron chi connectivity index (χ2n) is 12.8. The predicted molar refractivity (Wildman–Crippen MR) is 201 cm³/mol. The lowest BCUT2D eigenvalue weighted by Gasteiger charge is -2.33. The highest BCUT2D eigenvalue weighted by Crippen LogP contribution is 2.48. The van der Waals surface area contributed by atoms with Crippen molar-refractivity contribution < 1.29 is 19.1 Å². The molecule has 0 N–H and O–H groups in total. The molecule has 0 spiro atoms. The van der Waals surface area contributed by atoms with Gasteiger partial charge in [-0.1, -0.05) is 128 Å². The van der Waals surface area contributed by atoms with Crippen molar-refractivity contribution >= 4 is 40.8 Å². The largest absolute Gasteiger partial charge is 0.462 e. The Morgan fingerprint density at radius 1 is 0.667 bits per heavy atom. The van der Waals surface area contributed by atoms with Gasteiger partial charge in [-0.15, -0.1) is 0 Å². The molecule has 4 rings (SSSR count). The first-order valence-electron chi connectivity index (χ1n) is 18.4. The summed E-state index contributed by atoms with van der Waals surface area (Å²) in [6.45, 7) is 11.4. The van der Waals surface area contributed by atoms with E-state index < -0.39 is 11.9 Å². The Labute approximate surface area is 293 Å². The number of aryl methyl sites for hydroxylation is 1. The van der Waals surface area contributed by atoms with Crippen molar-refractivity contribution in [2.75, 3.05) is 18.1 Å². The lowest BCUT2D eigenvalue weighted by molar-refractivity contribution is 0.0525. The van der Waals surface area contributed by atoms with E-state index in [1.165, 1.54) is 98.9 Å². The highest BCUT2D eigenvalue weighted by atomic mass is 32.2. The second kappa shape index (κ2) is 20.1. The number of carbonyl (C=O) groups excluding carboxylic acids is 2. The highest BCUT2D eigenvalue weighted by Gasteiger charge is 2.24. The number of unbranched alkanes of at least 4 members (excludes halogenated alkanes) is 13. The first-order chi connectivity index (χ1) is 23.5. The number of carbonyl (C=O) groups is 2. The zero-order valence-electron chi connectivity index (χ0n) is 29.5. The van der Waals surface area contributed by atoms with Crippen molar-refractivity contribution in [1.82, 2.24) is 0 Å². The lowest BCUT2D eigenvalue weighted by atomic mass is 10.0. The molecule has 0 radical (unpaired) electrons. The molecular weight excluding hydrogens is 615 g/mol. The van der Waals surface area contributed by atoms with Gasteiger partial charge >= 0.3 is 11.9 Å². The molecule has 0 aliphatic carbocycles. The van der Waals surface area contributed by atoms with E-state index in [1.807, 2.05) is 13.0 Å². The molecule has 0 saturated carbocycles. The van der Waals surface area contributed by atoms with Crippen LogP contribution in [0.15, 0.2) is 77.0 Å². The molecule has 0 saturated heterocycles. The molecule has 0 bridgehead atoms. The van der Waals surface area contributed by atoms with Gasteiger partial charge in [0.25, 0.3) is 0 Å². The van der Waals surface area contributed by atoms with E-state index >= 15 is 0 Å². The molecule has 258 valence electrons. The van der Waals surface area contributed by atoms with Gasteiger partial charge in [0.2, 0.25) is 0 Å². The van der Waals surface area contributed by atoms with E-state index in [1.54, 1.807) is 36.9 Å². The number of para-hydroxylation sites is 1. The minimum absolute atomic E-state index is 0.297. The molecule has 3 aromatic carbocycles. The van der Waals surface area contributed by atoms with Gasteiger partial charge in [0, 0.05) is 21.9 Å². The first-order valence-corrected chi connectivity index (χ1v) is 19.2. The first kappa shape index (κ1) is 37.3. The summed E-state index contributed by atoms with van der Waals surface area (Å²) in [4.78, 5) is 30.4. The van der Waals surface area contributed by atoms with Crippen LogP contribution in [0.4, 0.5) is 11.4 Å². The maximum absolute atomic E-state index is 13.3. The Morgan fingerprint density at radius 3 is 1.92 bits per heavy atom. The molecule has 0 unspecified atom stereocenters. The van der Waals surface area contributed by atoms with Crippen LogP contribution in [0, 0.1) is 0 Å². The SMILES string of the molecule is C=C(OC(=O)c1ccc(C(=O)OCC)cc1CC)c1ccc2c(c1)N(CCCCCCCCCCCCCCCC)c1ccccc1S2. The van der Waals surface area contributed by atoms with Gasteiger partial charge < -0.3 is 14.4 Å². The second-order valence-corrected chi connectivity index (χ2v) is 13.8. The summed E-state index contributed by atoms with van der Waals surface area (Å²) in [6, 6.07) is 19.7. The Hall–Kier alpha value is -3.51. The molecule has 6 heteroatoms. The summed E-state index contributed by atoms with van der Waals surface area (Å²) in [6.07, 6.45) is 19.4. The number of hydrogen-bond donors (Lipinski definition) is 0. The molecule has 48 heavy (non-hydrogen) atoms. The highest BCUT2D eigenvalue weighted by molar-refractivity contribution is 7.99. The molecule has 0 fully saturated rings. The van der Waals surface area contributed by atoms with Gasteiger partial charge in [-0.2, -0.15) is 0 Å². The maximum Gasteiger partial charge on any atom is 0.343 e. The maximum atomic E-state index is 13.3. The number of rotatable bonds is 21. The quantitative estimate of drug-likeness (QED) is 0.0639. The molecular formula is C42H55NO4S. The van der Waals surface area contributed by atoms with E-state index in [2.05, 4.69) is 54.8 Å². The van der Waals surface area contributed by atoms with Crippen molar-refractivity contribution in [1.29, 1.82) is 0 Å². The molecule has 3 aromatic rings. The number of nitrogens with zero attached hydrogens (tertiary/aromatic N) is 1. The summed E-state index contributed by atoms with van der Waals surface area (Å²) < 4.78 is 10.9. The molecule has 1 aliphatic heterocycles. The van der Waals surface area contributed by atoms with Crippen LogP contribution >= 0.6 is 11.8 Å². The van der Waals surface area contributed by atoms with Crippen LogP contribution < -0.4 is 4.90 Å². The van der Waals surface area contributed by atoms with Gasteiger partial charge in [-0.05, 0) is 73.9 Å². The van der Waals surface area contributed by atoms with E-state index in [-0.39, 0.29) is 0 Å². The lowest BCUT2D eigenvalue weighted by Crippen LogP contribution is -2.22. The molecule has 1 heterocycles. The van der Waals surface area contributed by atoms with Crippen LogP contribution in [0.3, 0.4) is 0 Å². The van der Waals surface area contributed by atoms with Crippen molar-refractivity contribution in [3.8, 4) is 0 Å². The third kappa shape index (κ3) is 10.7. The van der Waals surface area contributed by atoms with E-state index in [4.69, 9.17) is 9.47 Å². The number of fused-ring (bicyclic) bond motifs is 2. The van der Waals surface area contributed by atoms with Crippen LogP contribution in [-0.4, -0.2) is 25.1 Å². The third-order valence-corrected chi connectivity index (χ3v) is 10.2. The average Bonchev–Trinajstić information content (AvgIpc) is 3.10. The molecule has 1 aliphatic rings. The van der Waals surface area contributed by atoms with Gasteiger partial charge in [0.05, 0.1) is 29.1 Å². The van der Waals surface area contributed by atoms with Crippen LogP contribution in [0.5, 0.6) is 0 Å². The Bertz CT molecular complexity index is 1500. The topological polar surface area (TPSA) is 55.8 Å². The fourth-order valence-electron chi connectivity index (χ4n) is 6.36. The fraction of sp³-hybridized carbons (Fsp3) is 0.476. The number of esters is 2. The Kier molecular flexibility index (Phi) is 15.6. The van der Waals surface area contributed by atoms with Crippen LogP contribution in [0.25, 0.3) is 5.76 Å².